The highest BCUT2D eigenvalue weighted by atomic mass is 19.4. The van der Waals surface area contributed by atoms with Crippen molar-refractivity contribution in [3.8, 4) is 17.0 Å². The highest BCUT2D eigenvalue weighted by molar-refractivity contribution is 5.98. The Labute approximate surface area is 193 Å². The molecule has 1 amide bonds. The van der Waals surface area contributed by atoms with Crippen LogP contribution in [-0.2, 0) is 4.74 Å². The van der Waals surface area contributed by atoms with E-state index < -0.39 is 18.1 Å². The van der Waals surface area contributed by atoms with Gasteiger partial charge in [0, 0.05) is 18.7 Å². The lowest BCUT2D eigenvalue weighted by Crippen LogP contribution is -2.43. The number of alkyl halides is 3. The number of hydrogen-bond donors (Lipinski definition) is 1. The Morgan fingerprint density at radius 3 is 2.68 bits per heavy atom. The Hall–Kier alpha value is -3.57. The Morgan fingerprint density at radius 1 is 1.21 bits per heavy atom. The quantitative estimate of drug-likeness (QED) is 0.588. The van der Waals surface area contributed by atoms with Gasteiger partial charge in [-0.3, -0.25) is 0 Å². The van der Waals surface area contributed by atoms with E-state index in [0.29, 0.717) is 35.4 Å². The van der Waals surface area contributed by atoms with Gasteiger partial charge in [0.2, 0.25) is 0 Å². The van der Waals surface area contributed by atoms with Gasteiger partial charge in [0.05, 0.1) is 11.4 Å². The van der Waals surface area contributed by atoms with Crippen LogP contribution in [-0.4, -0.2) is 55.8 Å². The maximum Gasteiger partial charge on any atom is 0.573 e. The Kier molecular flexibility index (Phi) is 6.00. The normalized spacial score (nSPS) is 17.1. The number of nitrogens with two attached hydrogens (primary N) is 1. The van der Waals surface area contributed by atoms with Crippen molar-refractivity contribution in [2.24, 2.45) is 0 Å². The van der Waals surface area contributed by atoms with Crippen molar-refractivity contribution in [2.75, 3.05) is 18.8 Å². The van der Waals surface area contributed by atoms with Gasteiger partial charge in [-0.1, -0.05) is 12.1 Å². The molecule has 3 heterocycles. The van der Waals surface area contributed by atoms with Crippen molar-refractivity contribution in [3.63, 3.8) is 0 Å². The molecule has 2 aromatic heterocycles. The number of rotatable bonds is 3. The average molecular weight is 478 g/mol. The molecule has 0 bridgehead atoms. The maximum atomic E-state index is 12.7. The first-order chi connectivity index (χ1) is 15.9. The number of carbonyl (C=O) groups excluding carboxylic acids is 1. The van der Waals surface area contributed by atoms with Gasteiger partial charge in [0.15, 0.2) is 5.65 Å². The van der Waals surface area contributed by atoms with E-state index in [9.17, 15) is 18.0 Å². The predicted molar refractivity (Wildman–Crippen MR) is 118 cm³/mol. The molecule has 182 valence electrons. The van der Waals surface area contributed by atoms with Crippen LogP contribution in [0.3, 0.4) is 0 Å². The second-order valence-electron chi connectivity index (χ2n) is 9.05. The predicted octanol–water partition coefficient (Wildman–Crippen LogP) is 4.55. The Morgan fingerprint density at radius 2 is 1.97 bits per heavy atom. The van der Waals surface area contributed by atoms with Crippen molar-refractivity contribution >= 4 is 22.9 Å². The summed E-state index contributed by atoms with van der Waals surface area (Å²) < 4.78 is 49.4. The molecular weight excluding hydrogens is 453 g/mol. The maximum absolute atomic E-state index is 12.7. The Balaban J connectivity index is 1.72. The molecule has 1 aromatic carbocycles. The summed E-state index contributed by atoms with van der Waals surface area (Å²) in [5.74, 6) is -0.231. The lowest BCUT2D eigenvalue weighted by molar-refractivity contribution is -0.274. The van der Waals surface area contributed by atoms with Gasteiger partial charge in [0.1, 0.15) is 29.2 Å². The number of ether oxygens (including phenoxy) is 2. The molecule has 0 radical (unpaired) electrons. The minimum atomic E-state index is -4.82. The topological polar surface area (TPSA) is 108 Å². The van der Waals surface area contributed by atoms with E-state index in [1.54, 1.807) is 36.4 Å². The number of benzene rings is 1. The number of halogens is 3. The average Bonchev–Trinajstić information content (AvgIpc) is 3.13. The number of fused-ring (bicyclic) bond motifs is 1. The van der Waals surface area contributed by atoms with Gasteiger partial charge < -0.3 is 20.1 Å². The Bertz CT molecular complexity index is 1200. The lowest BCUT2D eigenvalue weighted by Gasteiger charge is -2.34. The van der Waals surface area contributed by atoms with E-state index in [1.807, 2.05) is 0 Å². The van der Waals surface area contributed by atoms with Crippen molar-refractivity contribution in [1.82, 2.24) is 24.6 Å². The zero-order valence-electron chi connectivity index (χ0n) is 19.0. The minimum absolute atomic E-state index is 0.146. The summed E-state index contributed by atoms with van der Waals surface area (Å²) in [5, 5.41) is 5.09. The third-order valence-corrected chi connectivity index (χ3v) is 5.25. The summed E-state index contributed by atoms with van der Waals surface area (Å²) in [5.41, 5.74) is 6.62. The summed E-state index contributed by atoms with van der Waals surface area (Å²) in [6, 6.07) is 5.25. The van der Waals surface area contributed by atoms with Crippen LogP contribution in [0, 0.1) is 0 Å². The second kappa shape index (κ2) is 8.65. The molecule has 1 aliphatic rings. The van der Waals surface area contributed by atoms with Crippen molar-refractivity contribution in [1.29, 1.82) is 0 Å². The fourth-order valence-electron chi connectivity index (χ4n) is 3.94. The van der Waals surface area contributed by atoms with E-state index in [4.69, 9.17) is 10.5 Å². The van der Waals surface area contributed by atoms with Crippen LogP contribution >= 0.6 is 0 Å². The summed E-state index contributed by atoms with van der Waals surface area (Å²) in [6.45, 7) is 6.29. The number of nitrogens with zero attached hydrogens (tertiary/aromatic N) is 5. The first-order valence-corrected chi connectivity index (χ1v) is 10.7. The van der Waals surface area contributed by atoms with E-state index in [1.165, 1.54) is 24.5 Å². The van der Waals surface area contributed by atoms with Gasteiger partial charge in [-0.05, 0) is 45.7 Å². The summed E-state index contributed by atoms with van der Waals surface area (Å²) >= 11 is 0. The fraction of sp³-hybridized carbons (Fsp3) is 0.455. The van der Waals surface area contributed by atoms with Crippen LogP contribution in [0.5, 0.6) is 5.75 Å². The van der Waals surface area contributed by atoms with E-state index in [-0.39, 0.29) is 17.6 Å². The molecule has 1 saturated heterocycles. The molecule has 0 spiro atoms. The first kappa shape index (κ1) is 23.6. The molecule has 12 heteroatoms. The van der Waals surface area contributed by atoms with E-state index >= 15 is 0 Å². The van der Waals surface area contributed by atoms with Crippen LogP contribution in [0.15, 0.2) is 30.6 Å². The van der Waals surface area contributed by atoms with Crippen molar-refractivity contribution in [2.45, 2.75) is 51.6 Å². The molecule has 3 aromatic rings. The zero-order chi connectivity index (χ0) is 24.7. The molecule has 0 aliphatic carbocycles. The SMILES string of the molecule is CC(C)(C)OC(=O)N1CCC[C@@H](n2nc(-c3cccc(OC(F)(F)F)c3)c3c(N)ncnc32)C1. The van der Waals surface area contributed by atoms with Gasteiger partial charge in [-0.15, -0.1) is 13.2 Å². The monoisotopic (exact) mass is 478 g/mol. The molecule has 1 aliphatic heterocycles. The number of anilines is 1. The van der Waals surface area contributed by atoms with Crippen molar-refractivity contribution < 1.29 is 27.4 Å². The first-order valence-electron chi connectivity index (χ1n) is 10.7. The highest BCUT2D eigenvalue weighted by Gasteiger charge is 2.32. The van der Waals surface area contributed by atoms with E-state index in [2.05, 4.69) is 19.8 Å². The molecule has 34 heavy (non-hydrogen) atoms. The summed E-state index contributed by atoms with van der Waals surface area (Å²) in [4.78, 5) is 22.6. The van der Waals surface area contributed by atoms with Crippen LogP contribution in [0.1, 0.15) is 39.7 Å². The molecule has 2 N–H and O–H groups in total. The number of hydrogen-bond acceptors (Lipinski definition) is 7. The number of aromatic nitrogens is 4. The molecule has 1 fully saturated rings. The molecule has 9 nitrogen and oxygen atoms in total. The molecule has 0 unspecified atom stereocenters. The molecule has 0 saturated carbocycles. The van der Waals surface area contributed by atoms with Gasteiger partial charge in [-0.25, -0.2) is 19.4 Å². The third kappa shape index (κ3) is 5.15. The smallest absolute Gasteiger partial charge is 0.444 e. The highest BCUT2D eigenvalue weighted by Crippen LogP contribution is 2.35. The third-order valence-electron chi connectivity index (χ3n) is 5.25. The summed E-state index contributed by atoms with van der Waals surface area (Å²) in [6.07, 6.45) is -2.50. The van der Waals surface area contributed by atoms with Crippen LogP contribution < -0.4 is 10.5 Å². The molecule has 4 rings (SSSR count). The fourth-order valence-corrected chi connectivity index (χ4v) is 3.94. The number of likely N-dealkylation sites (tertiary alicyclic amines) is 1. The largest absolute Gasteiger partial charge is 0.573 e. The van der Waals surface area contributed by atoms with Gasteiger partial charge in [-0.2, -0.15) is 5.10 Å². The molecule has 1 atom stereocenters. The number of amides is 1. The van der Waals surface area contributed by atoms with Crippen LogP contribution in [0.2, 0.25) is 0 Å². The zero-order valence-corrected chi connectivity index (χ0v) is 19.0. The summed E-state index contributed by atoms with van der Waals surface area (Å²) in [7, 11) is 0. The minimum Gasteiger partial charge on any atom is -0.444 e. The van der Waals surface area contributed by atoms with Gasteiger partial charge in [0.25, 0.3) is 0 Å². The van der Waals surface area contributed by atoms with Gasteiger partial charge >= 0.3 is 12.5 Å². The number of carbonyl (C=O) groups is 1. The number of nitrogen functional groups attached to an aromatic ring is 1. The standard InChI is InChI=1S/C22H25F3N6O3/c1-21(2,3)34-20(32)30-9-5-7-14(11-30)31-19-16(18(26)27-12-28-19)17(29-31)13-6-4-8-15(10-13)33-22(23,24)25/h4,6,8,10,12,14H,5,7,9,11H2,1-3H3,(H2,26,27,28)/t14-/m1/s1. The molecular formula is C22H25F3N6O3. The second-order valence-corrected chi connectivity index (χ2v) is 9.05. The number of piperidine rings is 1. The van der Waals surface area contributed by atoms with E-state index in [0.717, 1.165) is 12.8 Å². The lowest BCUT2D eigenvalue weighted by atomic mass is 10.1. The van der Waals surface area contributed by atoms with Crippen LogP contribution in [0.4, 0.5) is 23.8 Å². The van der Waals surface area contributed by atoms with Crippen molar-refractivity contribution in [3.05, 3.63) is 30.6 Å². The van der Waals surface area contributed by atoms with Crippen LogP contribution in [0.25, 0.3) is 22.3 Å².